The van der Waals surface area contributed by atoms with E-state index in [0.29, 0.717) is 46.4 Å². The minimum atomic E-state index is -0.600. The zero-order valence-electron chi connectivity index (χ0n) is 20.8. The number of nitrogens with one attached hydrogen (secondary N) is 3. The van der Waals surface area contributed by atoms with E-state index in [1.54, 1.807) is 22.9 Å². The van der Waals surface area contributed by atoms with E-state index < -0.39 is 17.6 Å². The van der Waals surface area contributed by atoms with Crippen molar-refractivity contribution < 1.29 is 18.8 Å². The van der Waals surface area contributed by atoms with Crippen LogP contribution < -0.4 is 16.0 Å². The SMILES string of the molecule is O=C1C/C(=C\c2cnn3c(NC4CC4)cc(-c4ccc(F)c(C(=O)NCCN5CCCC5)c4)nc23)C(=O)N1. The summed E-state index contributed by atoms with van der Waals surface area (Å²) in [6.45, 7) is 3.25. The molecule has 10 nitrogen and oxygen atoms in total. The van der Waals surface area contributed by atoms with Gasteiger partial charge < -0.3 is 15.5 Å². The molecule has 4 heterocycles. The molecule has 11 heteroatoms. The van der Waals surface area contributed by atoms with E-state index in [9.17, 15) is 18.8 Å². The van der Waals surface area contributed by atoms with Crippen LogP contribution in [0.25, 0.3) is 23.0 Å². The summed E-state index contributed by atoms with van der Waals surface area (Å²) in [4.78, 5) is 43.6. The van der Waals surface area contributed by atoms with Gasteiger partial charge in [-0.15, -0.1) is 0 Å². The van der Waals surface area contributed by atoms with Crippen molar-refractivity contribution in [2.75, 3.05) is 31.5 Å². The molecule has 1 saturated carbocycles. The second-order valence-corrected chi connectivity index (χ2v) is 10.0. The van der Waals surface area contributed by atoms with Crippen LogP contribution in [0.1, 0.15) is 48.0 Å². The molecule has 0 radical (unpaired) electrons. The lowest BCUT2D eigenvalue weighted by Crippen LogP contribution is -2.33. The molecular formula is C27H28FN7O3. The van der Waals surface area contributed by atoms with Gasteiger partial charge in [0.1, 0.15) is 11.6 Å². The molecule has 2 aliphatic heterocycles. The van der Waals surface area contributed by atoms with Crippen molar-refractivity contribution in [3.63, 3.8) is 0 Å². The molecule has 0 atom stereocenters. The Morgan fingerprint density at radius 2 is 2.00 bits per heavy atom. The van der Waals surface area contributed by atoms with Crippen molar-refractivity contribution in [1.29, 1.82) is 0 Å². The first-order valence-electron chi connectivity index (χ1n) is 12.9. The third kappa shape index (κ3) is 5.01. The molecule has 0 bridgehead atoms. The molecule has 38 heavy (non-hydrogen) atoms. The number of benzene rings is 1. The van der Waals surface area contributed by atoms with Crippen LogP contribution in [0.3, 0.4) is 0 Å². The summed E-state index contributed by atoms with van der Waals surface area (Å²) < 4.78 is 16.3. The second-order valence-electron chi connectivity index (χ2n) is 10.0. The molecule has 1 aliphatic carbocycles. The van der Waals surface area contributed by atoms with Crippen molar-refractivity contribution in [3.05, 3.63) is 53.0 Å². The van der Waals surface area contributed by atoms with Gasteiger partial charge in [0.15, 0.2) is 5.65 Å². The van der Waals surface area contributed by atoms with E-state index in [1.165, 1.54) is 25.0 Å². The van der Waals surface area contributed by atoms with Crippen LogP contribution in [0.4, 0.5) is 10.2 Å². The van der Waals surface area contributed by atoms with E-state index in [1.807, 2.05) is 6.07 Å². The molecule has 3 N–H and O–H groups in total. The number of carbonyl (C=O) groups is 3. The molecule has 196 valence electrons. The van der Waals surface area contributed by atoms with Crippen LogP contribution in [-0.2, 0) is 9.59 Å². The van der Waals surface area contributed by atoms with Gasteiger partial charge in [-0.2, -0.15) is 9.61 Å². The lowest BCUT2D eigenvalue weighted by molar-refractivity contribution is -0.124. The summed E-state index contributed by atoms with van der Waals surface area (Å²) in [5, 5.41) is 13.0. The molecule has 3 aliphatic rings. The Labute approximate surface area is 218 Å². The van der Waals surface area contributed by atoms with Crippen LogP contribution in [0.15, 0.2) is 36.0 Å². The average Bonchev–Trinajstić information content (AvgIpc) is 3.24. The topological polar surface area (TPSA) is 121 Å². The quantitative estimate of drug-likeness (QED) is 0.310. The van der Waals surface area contributed by atoms with E-state index in [-0.39, 0.29) is 17.9 Å². The maximum atomic E-state index is 14.7. The second kappa shape index (κ2) is 9.97. The Morgan fingerprint density at radius 1 is 1.18 bits per heavy atom. The van der Waals surface area contributed by atoms with Gasteiger partial charge in [0.25, 0.3) is 11.8 Å². The van der Waals surface area contributed by atoms with Crippen LogP contribution in [0, 0.1) is 5.82 Å². The summed E-state index contributed by atoms with van der Waals surface area (Å²) in [6, 6.07) is 6.52. The van der Waals surface area contributed by atoms with Gasteiger partial charge in [-0.3, -0.25) is 19.7 Å². The number of hydrogen-bond acceptors (Lipinski definition) is 7. The fourth-order valence-corrected chi connectivity index (χ4v) is 4.87. The number of nitrogens with zero attached hydrogens (tertiary/aromatic N) is 4. The van der Waals surface area contributed by atoms with Crippen molar-refractivity contribution in [1.82, 2.24) is 30.1 Å². The summed E-state index contributed by atoms with van der Waals surface area (Å²) >= 11 is 0. The smallest absolute Gasteiger partial charge is 0.254 e. The Bertz CT molecular complexity index is 1470. The number of aromatic nitrogens is 3. The highest BCUT2D eigenvalue weighted by Gasteiger charge is 2.26. The molecular weight excluding hydrogens is 489 g/mol. The largest absolute Gasteiger partial charge is 0.367 e. The predicted molar refractivity (Wildman–Crippen MR) is 139 cm³/mol. The van der Waals surface area contributed by atoms with Crippen molar-refractivity contribution in [2.24, 2.45) is 0 Å². The van der Waals surface area contributed by atoms with Gasteiger partial charge in [0.2, 0.25) is 5.91 Å². The third-order valence-corrected chi connectivity index (χ3v) is 7.07. The van der Waals surface area contributed by atoms with Crippen molar-refractivity contribution in [2.45, 2.75) is 38.1 Å². The number of likely N-dealkylation sites (tertiary alicyclic amines) is 1. The number of carbonyl (C=O) groups excluding carboxylic acids is 3. The fraction of sp³-hybridized carbons (Fsp3) is 0.370. The van der Waals surface area contributed by atoms with E-state index in [2.05, 4.69) is 25.9 Å². The maximum absolute atomic E-state index is 14.7. The lowest BCUT2D eigenvalue weighted by Gasteiger charge is -2.15. The number of halogens is 1. The molecule has 3 fully saturated rings. The highest BCUT2D eigenvalue weighted by Crippen LogP contribution is 2.30. The van der Waals surface area contributed by atoms with Gasteiger partial charge in [0.05, 0.1) is 23.9 Å². The Hall–Kier alpha value is -4.12. The predicted octanol–water partition coefficient (Wildman–Crippen LogP) is 2.37. The molecule has 2 aromatic heterocycles. The van der Waals surface area contributed by atoms with Crippen molar-refractivity contribution in [3.8, 4) is 11.3 Å². The normalized spacial score (nSPS) is 18.9. The number of amides is 3. The van der Waals surface area contributed by atoms with E-state index >= 15 is 0 Å². The zero-order chi connectivity index (χ0) is 26.2. The van der Waals surface area contributed by atoms with E-state index in [4.69, 9.17) is 4.98 Å². The molecule has 0 unspecified atom stereocenters. The van der Waals surface area contributed by atoms with Crippen LogP contribution in [0.2, 0.25) is 0 Å². The number of fused-ring (bicyclic) bond motifs is 1. The first-order chi connectivity index (χ1) is 18.4. The van der Waals surface area contributed by atoms with E-state index in [0.717, 1.165) is 32.5 Å². The molecule has 0 spiro atoms. The van der Waals surface area contributed by atoms with Crippen molar-refractivity contribution >= 4 is 35.3 Å². The maximum Gasteiger partial charge on any atom is 0.254 e. The Kier molecular flexibility index (Phi) is 6.36. The molecule has 2 saturated heterocycles. The number of anilines is 1. The highest BCUT2D eigenvalue weighted by molar-refractivity contribution is 6.15. The summed E-state index contributed by atoms with van der Waals surface area (Å²) in [7, 11) is 0. The molecule has 3 aromatic rings. The minimum Gasteiger partial charge on any atom is -0.367 e. The lowest BCUT2D eigenvalue weighted by atomic mass is 10.1. The first kappa shape index (κ1) is 24.2. The van der Waals surface area contributed by atoms with Gasteiger partial charge in [0, 0.05) is 41.9 Å². The van der Waals surface area contributed by atoms with Crippen LogP contribution in [0.5, 0.6) is 0 Å². The molecule has 3 amide bonds. The average molecular weight is 518 g/mol. The van der Waals surface area contributed by atoms with Gasteiger partial charge >= 0.3 is 0 Å². The number of imide groups is 1. The minimum absolute atomic E-state index is 0.00274. The highest BCUT2D eigenvalue weighted by atomic mass is 19.1. The Morgan fingerprint density at radius 3 is 2.74 bits per heavy atom. The van der Waals surface area contributed by atoms with Gasteiger partial charge in [-0.1, -0.05) is 0 Å². The van der Waals surface area contributed by atoms with Gasteiger partial charge in [-0.05, 0) is 63.0 Å². The summed E-state index contributed by atoms with van der Waals surface area (Å²) in [5.41, 5.74) is 2.45. The third-order valence-electron chi connectivity index (χ3n) is 7.07. The summed E-state index contributed by atoms with van der Waals surface area (Å²) in [6.07, 6.45) is 7.62. The first-order valence-corrected chi connectivity index (χ1v) is 12.9. The Balaban J connectivity index is 1.32. The monoisotopic (exact) mass is 517 g/mol. The number of rotatable bonds is 8. The van der Waals surface area contributed by atoms with Crippen LogP contribution >= 0.6 is 0 Å². The number of hydrogen-bond donors (Lipinski definition) is 3. The zero-order valence-corrected chi connectivity index (χ0v) is 20.8. The molecule has 6 rings (SSSR count). The standard InChI is InChI=1S/C27H28FN7O3/c28-21-6-3-16(12-20(21)27(38)29-7-10-34-8-1-2-9-34)22-14-23(31-19-4-5-19)35-25(32-22)18(15-30-35)11-17-13-24(36)33-26(17)37/h3,6,11-12,14-15,19,31H,1-2,4-5,7-10,13H2,(H,29,38)(H,33,36,37)/b17-11+. The fourth-order valence-electron chi connectivity index (χ4n) is 4.87. The van der Waals surface area contributed by atoms with Crippen LogP contribution in [-0.4, -0.2) is 69.4 Å². The van der Waals surface area contributed by atoms with Gasteiger partial charge in [-0.25, -0.2) is 9.37 Å². The summed E-state index contributed by atoms with van der Waals surface area (Å²) in [5.74, 6) is -1.14. The molecule has 1 aromatic carbocycles.